The Labute approximate surface area is 180 Å². The van der Waals surface area contributed by atoms with Crippen LogP contribution in [0.2, 0.25) is 0 Å². The van der Waals surface area contributed by atoms with Crippen LogP contribution in [0.25, 0.3) is 10.9 Å². The molecule has 31 heavy (non-hydrogen) atoms. The monoisotopic (exact) mass is 413 g/mol. The minimum Gasteiger partial charge on any atom is -0.497 e. The fraction of sp³-hybridized carbons (Fsp3) is 0.120. The molecule has 0 saturated carbocycles. The summed E-state index contributed by atoms with van der Waals surface area (Å²) in [4.78, 5) is 24.3. The Balaban J connectivity index is 1.60. The van der Waals surface area contributed by atoms with Crippen molar-refractivity contribution < 1.29 is 14.3 Å². The van der Waals surface area contributed by atoms with Crippen molar-refractivity contribution in [2.75, 3.05) is 12.4 Å². The van der Waals surface area contributed by atoms with Gasteiger partial charge >= 0.3 is 0 Å². The first-order valence-corrected chi connectivity index (χ1v) is 9.87. The number of carbonyl (C=O) groups is 2. The minimum absolute atomic E-state index is 0.295. The Morgan fingerprint density at radius 2 is 1.81 bits per heavy atom. The summed E-state index contributed by atoms with van der Waals surface area (Å²) in [5, 5.41) is 3.99. The summed E-state index contributed by atoms with van der Waals surface area (Å²) < 4.78 is 7.43. The molecule has 1 aromatic heterocycles. The smallest absolute Gasteiger partial charge is 0.255 e. The highest BCUT2D eigenvalue weighted by molar-refractivity contribution is 6.06. The molecule has 4 aromatic rings. The van der Waals surface area contributed by atoms with Gasteiger partial charge in [0.25, 0.3) is 5.91 Å². The lowest BCUT2D eigenvalue weighted by molar-refractivity contribution is 0.1000. The number of aromatic nitrogens is 1. The van der Waals surface area contributed by atoms with E-state index < -0.39 is 5.91 Å². The van der Waals surface area contributed by atoms with E-state index in [4.69, 9.17) is 10.5 Å². The van der Waals surface area contributed by atoms with Gasteiger partial charge in [0.1, 0.15) is 5.75 Å². The second-order valence-corrected chi connectivity index (χ2v) is 7.47. The largest absolute Gasteiger partial charge is 0.497 e. The molecular weight excluding hydrogens is 390 g/mol. The average molecular weight is 413 g/mol. The predicted molar refractivity (Wildman–Crippen MR) is 122 cm³/mol. The number of hydrogen-bond donors (Lipinski definition) is 2. The van der Waals surface area contributed by atoms with Gasteiger partial charge in [-0.05, 0) is 72.0 Å². The van der Waals surface area contributed by atoms with Crippen LogP contribution in [0.1, 0.15) is 31.8 Å². The van der Waals surface area contributed by atoms with Gasteiger partial charge in [-0.2, -0.15) is 0 Å². The molecule has 0 bridgehead atoms. The lowest BCUT2D eigenvalue weighted by Gasteiger charge is -2.10. The van der Waals surface area contributed by atoms with E-state index in [1.54, 1.807) is 19.2 Å². The van der Waals surface area contributed by atoms with Crippen LogP contribution in [0.3, 0.4) is 0 Å². The van der Waals surface area contributed by atoms with Gasteiger partial charge in [0, 0.05) is 29.6 Å². The fourth-order valence-electron chi connectivity index (χ4n) is 3.63. The van der Waals surface area contributed by atoms with E-state index in [2.05, 4.69) is 9.88 Å². The molecule has 0 radical (unpaired) electrons. The Kier molecular flexibility index (Phi) is 5.45. The van der Waals surface area contributed by atoms with Crippen LogP contribution in [0.15, 0.2) is 72.9 Å². The second-order valence-electron chi connectivity index (χ2n) is 7.47. The zero-order valence-electron chi connectivity index (χ0n) is 17.4. The number of nitrogens with one attached hydrogen (secondary N) is 1. The molecule has 2 amide bonds. The third-order valence-corrected chi connectivity index (χ3v) is 5.14. The van der Waals surface area contributed by atoms with E-state index in [-0.39, 0.29) is 5.91 Å². The van der Waals surface area contributed by atoms with E-state index in [1.807, 2.05) is 61.7 Å². The topological polar surface area (TPSA) is 86.3 Å². The number of benzene rings is 3. The molecule has 156 valence electrons. The first-order chi connectivity index (χ1) is 14.9. The maximum Gasteiger partial charge on any atom is 0.255 e. The zero-order valence-corrected chi connectivity index (χ0v) is 17.4. The van der Waals surface area contributed by atoms with E-state index in [1.165, 1.54) is 6.07 Å². The van der Waals surface area contributed by atoms with Crippen molar-refractivity contribution in [1.29, 1.82) is 0 Å². The molecule has 3 N–H and O–H groups in total. The zero-order chi connectivity index (χ0) is 22.0. The molecular formula is C25H23N3O3. The van der Waals surface area contributed by atoms with Crippen LogP contribution >= 0.6 is 0 Å². The highest BCUT2D eigenvalue weighted by atomic mass is 16.5. The summed E-state index contributed by atoms with van der Waals surface area (Å²) >= 11 is 0. The van der Waals surface area contributed by atoms with Gasteiger partial charge in [0.15, 0.2) is 0 Å². The van der Waals surface area contributed by atoms with Crippen molar-refractivity contribution in [3.05, 3.63) is 95.2 Å². The maximum absolute atomic E-state index is 12.8. The predicted octanol–water partition coefficient (Wildman–Crippen LogP) is 4.36. The molecule has 0 aliphatic heterocycles. The molecule has 0 atom stereocenters. The van der Waals surface area contributed by atoms with Crippen LogP contribution in [-0.4, -0.2) is 23.5 Å². The average Bonchev–Trinajstić information content (AvgIpc) is 3.15. The lowest BCUT2D eigenvalue weighted by atomic mass is 10.1. The highest BCUT2D eigenvalue weighted by Crippen LogP contribution is 2.23. The number of fused-ring (bicyclic) bond motifs is 1. The normalized spacial score (nSPS) is 10.8. The fourth-order valence-corrected chi connectivity index (χ4v) is 3.63. The van der Waals surface area contributed by atoms with Gasteiger partial charge in [0.05, 0.1) is 12.6 Å². The molecule has 0 aliphatic carbocycles. The highest BCUT2D eigenvalue weighted by Gasteiger charge is 2.12. The second kappa shape index (κ2) is 8.36. The van der Waals surface area contributed by atoms with Gasteiger partial charge in [-0.1, -0.05) is 18.2 Å². The third-order valence-electron chi connectivity index (χ3n) is 5.14. The minimum atomic E-state index is -0.561. The molecule has 0 aliphatic rings. The third kappa shape index (κ3) is 4.43. The number of primary amides is 1. The first kappa shape index (κ1) is 20.2. The van der Waals surface area contributed by atoms with Crippen LogP contribution in [0, 0.1) is 6.92 Å². The van der Waals surface area contributed by atoms with E-state index >= 15 is 0 Å². The number of hydrogen-bond acceptors (Lipinski definition) is 3. The molecule has 1 heterocycles. The van der Waals surface area contributed by atoms with Crippen molar-refractivity contribution >= 4 is 28.4 Å². The van der Waals surface area contributed by atoms with Crippen molar-refractivity contribution in [1.82, 2.24) is 4.57 Å². The first-order valence-electron chi connectivity index (χ1n) is 9.87. The van der Waals surface area contributed by atoms with Crippen molar-refractivity contribution in [3.63, 3.8) is 0 Å². The van der Waals surface area contributed by atoms with Crippen LogP contribution < -0.4 is 15.8 Å². The lowest BCUT2D eigenvalue weighted by Crippen LogP contribution is -2.16. The number of ether oxygens (including phenoxy) is 1. The Morgan fingerprint density at radius 1 is 1.00 bits per heavy atom. The Hall–Kier alpha value is -4.06. The number of nitrogens with zero attached hydrogens (tertiary/aromatic N) is 1. The van der Waals surface area contributed by atoms with E-state index in [0.717, 1.165) is 27.8 Å². The van der Waals surface area contributed by atoms with Crippen molar-refractivity contribution in [3.8, 4) is 5.75 Å². The molecule has 6 nitrogen and oxygen atoms in total. The molecule has 3 aromatic carbocycles. The van der Waals surface area contributed by atoms with E-state index in [0.29, 0.717) is 23.4 Å². The molecule has 4 rings (SSSR count). The summed E-state index contributed by atoms with van der Waals surface area (Å²) in [5.74, 6) is -0.0404. The number of anilines is 1. The Bertz CT molecular complexity index is 1290. The van der Waals surface area contributed by atoms with Gasteiger partial charge in [-0.15, -0.1) is 0 Å². The van der Waals surface area contributed by atoms with E-state index in [9.17, 15) is 9.59 Å². The van der Waals surface area contributed by atoms with Crippen LogP contribution in [0.4, 0.5) is 5.69 Å². The number of rotatable bonds is 6. The Morgan fingerprint density at radius 3 is 2.58 bits per heavy atom. The summed E-state index contributed by atoms with van der Waals surface area (Å²) in [6.45, 7) is 2.50. The van der Waals surface area contributed by atoms with Crippen LogP contribution in [0.5, 0.6) is 5.75 Å². The number of amides is 2. The van der Waals surface area contributed by atoms with Gasteiger partial charge in [-0.25, -0.2) is 0 Å². The SMILES string of the molecule is COc1cccc(Cn2ccc3ccc(NC(=O)c4cc(C)cc(C(N)=O)c4)cc32)c1. The van der Waals surface area contributed by atoms with Crippen LogP contribution in [-0.2, 0) is 6.54 Å². The molecule has 6 heteroatoms. The van der Waals surface area contributed by atoms with Gasteiger partial charge < -0.3 is 20.4 Å². The standard InChI is InChI=1S/C25H23N3O3/c1-16-10-19(24(26)29)13-20(11-16)25(30)27-21-7-6-18-8-9-28(23(18)14-21)15-17-4-3-5-22(12-17)31-2/h3-14H,15H2,1-2H3,(H2,26,29)(H,27,30). The summed E-state index contributed by atoms with van der Waals surface area (Å²) in [6.07, 6.45) is 2.02. The molecule has 0 unspecified atom stereocenters. The van der Waals surface area contributed by atoms with Gasteiger partial charge in [0.2, 0.25) is 5.91 Å². The summed E-state index contributed by atoms with van der Waals surface area (Å²) in [5.41, 5.74) is 9.66. The quantitative estimate of drug-likeness (QED) is 0.492. The number of carbonyl (C=O) groups excluding carboxylic acids is 2. The summed E-state index contributed by atoms with van der Waals surface area (Å²) in [6, 6.07) is 20.7. The number of nitrogens with two attached hydrogens (primary N) is 1. The molecule has 0 spiro atoms. The maximum atomic E-state index is 12.8. The van der Waals surface area contributed by atoms with Crippen molar-refractivity contribution in [2.45, 2.75) is 13.5 Å². The van der Waals surface area contributed by atoms with Crippen molar-refractivity contribution in [2.24, 2.45) is 5.73 Å². The molecule has 0 saturated heterocycles. The molecule has 0 fully saturated rings. The van der Waals surface area contributed by atoms with Gasteiger partial charge in [-0.3, -0.25) is 9.59 Å². The number of aryl methyl sites for hydroxylation is 1. The number of methoxy groups -OCH3 is 1. The summed E-state index contributed by atoms with van der Waals surface area (Å²) in [7, 11) is 1.65.